The van der Waals surface area contributed by atoms with Gasteiger partial charge in [0, 0.05) is 6.21 Å². The summed E-state index contributed by atoms with van der Waals surface area (Å²) in [5, 5.41) is 7.10. The fourth-order valence-electron chi connectivity index (χ4n) is 1.35. The standard InChI is InChI=1S/C9H13N/c1-2-8-5-3-4-6-9(8)7-10/h2,7,10H,1,3-6H2. The highest BCUT2D eigenvalue weighted by atomic mass is 14.3. The monoisotopic (exact) mass is 135 g/mol. The molecular formula is C9H13N. The molecule has 0 unspecified atom stereocenters. The Hall–Kier alpha value is -0.850. The first-order valence-corrected chi connectivity index (χ1v) is 3.73. The number of allylic oxidation sites excluding steroid dienone is 3. The molecule has 0 heterocycles. The van der Waals surface area contributed by atoms with Gasteiger partial charge in [0.2, 0.25) is 0 Å². The van der Waals surface area contributed by atoms with E-state index in [0.717, 1.165) is 12.8 Å². The highest BCUT2D eigenvalue weighted by Crippen LogP contribution is 2.23. The van der Waals surface area contributed by atoms with Crippen molar-refractivity contribution in [2.24, 2.45) is 0 Å². The molecule has 0 saturated carbocycles. The predicted octanol–water partition coefficient (Wildman–Crippen LogP) is 2.69. The van der Waals surface area contributed by atoms with Crippen LogP contribution in [0.5, 0.6) is 0 Å². The zero-order valence-corrected chi connectivity index (χ0v) is 6.19. The minimum absolute atomic E-state index is 1.07. The molecule has 0 fully saturated rings. The molecule has 0 aromatic heterocycles. The van der Waals surface area contributed by atoms with Crippen molar-refractivity contribution in [1.29, 1.82) is 5.41 Å². The Bertz CT molecular complexity index is 157. The van der Waals surface area contributed by atoms with Gasteiger partial charge in [-0.2, -0.15) is 0 Å². The van der Waals surface area contributed by atoms with Gasteiger partial charge in [-0.05, 0) is 36.8 Å². The Labute approximate surface area is 62.0 Å². The highest BCUT2D eigenvalue weighted by Gasteiger charge is 2.06. The van der Waals surface area contributed by atoms with Crippen molar-refractivity contribution >= 4 is 6.21 Å². The molecule has 0 aliphatic heterocycles. The summed E-state index contributed by atoms with van der Waals surface area (Å²) in [5.74, 6) is 0. The van der Waals surface area contributed by atoms with Crippen molar-refractivity contribution < 1.29 is 0 Å². The lowest BCUT2D eigenvalue weighted by Gasteiger charge is -2.13. The van der Waals surface area contributed by atoms with E-state index in [-0.39, 0.29) is 0 Å². The molecule has 1 N–H and O–H groups in total. The first-order valence-electron chi connectivity index (χ1n) is 3.73. The van der Waals surface area contributed by atoms with Crippen LogP contribution in [0.1, 0.15) is 25.7 Å². The average Bonchev–Trinajstić information content (AvgIpc) is 2.04. The topological polar surface area (TPSA) is 23.9 Å². The predicted molar refractivity (Wildman–Crippen MR) is 44.5 cm³/mol. The second-order valence-corrected chi connectivity index (χ2v) is 2.61. The van der Waals surface area contributed by atoms with E-state index in [4.69, 9.17) is 5.41 Å². The van der Waals surface area contributed by atoms with Gasteiger partial charge in [0.05, 0.1) is 0 Å². The van der Waals surface area contributed by atoms with Crippen LogP contribution < -0.4 is 0 Å². The molecule has 54 valence electrons. The van der Waals surface area contributed by atoms with Gasteiger partial charge in [0.1, 0.15) is 0 Å². The van der Waals surface area contributed by atoms with Gasteiger partial charge in [0.15, 0.2) is 0 Å². The second-order valence-electron chi connectivity index (χ2n) is 2.61. The van der Waals surface area contributed by atoms with Crippen LogP contribution >= 0.6 is 0 Å². The van der Waals surface area contributed by atoms with E-state index in [9.17, 15) is 0 Å². The van der Waals surface area contributed by atoms with E-state index in [2.05, 4.69) is 6.58 Å². The van der Waals surface area contributed by atoms with Crippen LogP contribution in [0.15, 0.2) is 23.8 Å². The molecule has 1 heteroatoms. The Morgan fingerprint density at radius 2 is 1.80 bits per heavy atom. The summed E-state index contributed by atoms with van der Waals surface area (Å²) in [6, 6.07) is 0. The summed E-state index contributed by atoms with van der Waals surface area (Å²) in [4.78, 5) is 0. The average molecular weight is 135 g/mol. The summed E-state index contributed by atoms with van der Waals surface area (Å²) in [6.07, 6.45) is 8.05. The molecule has 0 saturated heterocycles. The lowest BCUT2D eigenvalue weighted by Crippen LogP contribution is -1.98. The Morgan fingerprint density at radius 3 is 2.20 bits per heavy atom. The third-order valence-electron chi connectivity index (χ3n) is 1.98. The van der Waals surface area contributed by atoms with E-state index in [1.165, 1.54) is 30.2 Å². The van der Waals surface area contributed by atoms with Crippen LogP contribution in [0.3, 0.4) is 0 Å². The number of rotatable bonds is 2. The molecule has 10 heavy (non-hydrogen) atoms. The summed E-state index contributed by atoms with van der Waals surface area (Å²) in [5.41, 5.74) is 2.46. The lowest BCUT2D eigenvalue weighted by molar-refractivity contribution is 0.700. The minimum Gasteiger partial charge on any atom is -0.308 e. The molecular weight excluding hydrogens is 122 g/mol. The first-order chi connectivity index (χ1) is 4.88. The summed E-state index contributed by atoms with van der Waals surface area (Å²) in [6.45, 7) is 3.72. The Morgan fingerprint density at radius 1 is 1.20 bits per heavy atom. The molecule has 0 spiro atoms. The zero-order chi connectivity index (χ0) is 7.40. The van der Waals surface area contributed by atoms with Gasteiger partial charge in [0.25, 0.3) is 0 Å². The number of nitrogens with one attached hydrogen (secondary N) is 1. The molecule has 0 aromatic carbocycles. The number of hydrogen-bond donors (Lipinski definition) is 1. The third-order valence-corrected chi connectivity index (χ3v) is 1.98. The smallest absolute Gasteiger partial charge is 0.0212 e. The fourth-order valence-corrected chi connectivity index (χ4v) is 1.35. The first kappa shape index (κ1) is 7.26. The molecule has 0 radical (unpaired) electrons. The van der Waals surface area contributed by atoms with E-state index >= 15 is 0 Å². The summed E-state index contributed by atoms with van der Waals surface area (Å²) in [7, 11) is 0. The highest BCUT2D eigenvalue weighted by molar-refractivity contribution is 5.78. The van der Waals surface area contributed by atoms with E-state index < -0.39 is 0 Å². The molecule has 0 amide bonds. The fraction of sp³-hybridized carbons (Fsp3) is 0.444. The van der Waals surface area contributed by atoms with Crippen LogP contribution in [-0.2, 0) is 0 Å². The second kappa shape index (κ2) is 3.35. The third kappa shape index (κ3) is 1.35. The van der Waals surface area contributed by atoms with Crippen molar-refractivity contribution in [3.05, 3.63) is 23.8 Å². The normalized spacial score (nSPS) is 18.8. The zero-order valence-electron chi connectivity index (χ0n) is 6.19. The Kier molecular flexibility index (Phi) is 2.43. The van der Waals surface area contributed by atoms with Crippen LogP contribution in [0, 0.1) is 5.41 Å². The SMILES string of the molecule is C=CC1=C(C=N)CCCC1. The van der Waals surface area contributed by atoms with E-state index in [1.54, 1.807) is 0 Å². The van der Waals surface area contributed by atoms with Crippen molar-refractivity contribution in [3.63, 3.8) is 0 Å². The maximum absolute atomic E-state index is 7.10. The largest absolute Gasteiger partial charge is 0.308 e. The molecule has 0 aromatic rings. The van der Waals surface area contributed by atoms with E-state index in [1.807, 2.05) is 6.08 Å². The van der Waals surface area contributed by atoms with Gasteiger partial charge in [-0.15, -0.1) is 0 Å². The number of hydrogen-bond acceptors (Lipinski definition) is 1. The van der Waals surface area contributed by atoms with Gasteiger partial charge in [-0.3, -0.25) is 0 Å². The molecule has 1 aliphatic carbocycles. The quantitative estimate of drug-likeness (QED) is 0.563. The van der Waals surface area contributed by atoms with Crippen molar-refractivity contribution in [1.82, 2.24) is 0 Å². The van der Waals surface area contributed by atoms with Crippen molar-refractivity contribution in [2.45, 2.75) is 25.7 Å². The summed E-state index contributed by atoms with van der Waals surface area (Å²) < 4.78 is 0. The van der Waals surface area contributed by atoms with Gasteiger partial charge in [-0.1, -0.05) is 12.7 Å². The lowest BCUT2D eigenvalue weighted by atomic mass is 9.92. The maximum Gasteiger partial charge on any atom is 0.0212 e. The van der Waals surface area contributed by atoms with Crippen molar-refractivity contribution in [3.8, 4) is 0 Å². The van der Waals surface area contributed by atoms with Gasteiger partial charge >= 0.3 is 0 Å². The minimum atomic E-state index is 1.07. The van der Waals surface area contributed by atoms with Crippen molar-refractivity contribution in [2.75, 3.05) is 0 Å². The summed E-state index contributed by atoms with van der Waals surface area (Å²) >= 11 is 0. The van der Waals surface area contributed by atoms with Crippen LogP contribution in [0.2, 0.25) is 0 Å². The van der Waals surface area contributed by atoms with Crippen LogP contribution in [0.25, 0.3) is 0 Å². The van der Waals surface area contributed by atoms with Gasteiger partial charge < -0.3 is 5.41 Å². The molecule has 1 rings (SSSR count). The molecule has 1 aliphatic rings. The Balaban J connectivity index is 2.81. The van der Waals surface area contributed by atoms with Gasteiger partial charge in [-0.25, -0.2) is 0 Å². The molecule has 0 atom stereocenters. The van der Waals surface area contributed by atoms with E-state index in [0.29, 0.717) is 0 Å². The van der Waals surface area contributed by atoms with Crippen LogP contribution in [-0.4, -0.2) is 6.21 Å². The maximum atomic E-state index is 7.10. The van der Waals surface area contributed by atoms with Crippen LogP contribution in [0.4, 0.5) is 0 Å². The molecule has 1 nitrogen and oxygen atoms in total. The molecule has 0 bridgehead atoms.